The van der Waals surface area contributed by atoms with Gasteiger partial charge in [-0.05, 0) is 31.0 Å². The summed E-state index contributed by atoms with van der Waals surface area (Å²) >= 11 is 6.08. The van der Waals surface area contributed by atoms with Crippen molar-refractivity contribution in [2.75, 3.05) is 30.4 Å². The van der Waals surface area contributed by atoms with Gasteiger partial charge in [0.1, 0.15) is 17.9 Å². The normalized spacial score (nSPS) is 16.2. The van der Waals surface area contributed by atoms with Crippen molar-refractivity contribution in [2.24, 2.45) is 5.92 Å². The van der Waals surface area contributed by atoms with Gasteiger partial charge in [-0.2, -0.15) is 0 Å². The number of aromatic nitrogens is 2. The van der Waals surface area contributed by atoms with Gasteiger partial charge in [-0.1, -0.05) is 41.9 Å². The molecule has 1 N–H and O–H groups in total. The zero-order valence-corrected chi connectivity index (χ0v) is 17.5. The lowest BCUT2D eigenvalue weighted by Crippen LogP contribution is -2.41. The van der Waals surface area contributed by atoms with Crippen molar-refractivity contribution >= 4 is 29.0 Å². The molecule has 4 rings (SSSR count). The molecule has 0 spiro atoms. The Morgan fingerprint density at radius 1 is 1.17 bits per heavy atom. The summed E-state index contributed by atoms with van der Waals surface area (Å²) in [6.45, 7) is 1.45. The highest BCUT2D eigenvalue weighted by atomic mass is 35.5. The Morgan fingerprint density at radius 3 is 2.80 bits per heavy atom. The lowest BCUT2D eigenvalue weighted by atomic mass is 9.97. The molecular weight excluding hydrogens is 400 g/mol. The van der Waals surface area contributed by atoms with Crippen LogP contribution in [0.25, 0.3) is 11.3 Å². The Morgan fingerprint density at radius 2 is 2.00 bits per heavy atom. The van der Waals surface area contributed by atoms with E-state index in [4.69, 9.17) is 16.3 Å². The highest BCUT2D eigenvalue weighted by Crippen LogP contribution is 2.30. The topological polar surface area (TPSA) is 67.3 Å². The predicted molar refractivity (Wildman–Crippen MR) is 119 cm³/mol. The Labute approximate surface area is 180 Å². The number of carbonyl (C=O) groups excluding carboxylic acids is 1. The largest absolute Gasteiger partial charge is 0.495 e. The van der Waals surface area contributed by atoms with Gasteiger partial charge in [0.2, 0.25) is 5.91 Å². The minimum absolute atomic E-state index is 0.0439. The molecule has 3 aromatic rings. The first-order chi connectivity index (χ1) is 14.6. The van der Waals surface area contributed by atoms with E-state index in [9.17, 15) is 4.79 Å². The molecule has 1 atom stereocenters. The summed E-state index contributed by atoms with van der Waals surface area (Å²) in [7, 11) is 1.57. The minimum atomic E-state index is -0.155. The summed E-state index contributed by atoms with van der Waals surface area (Å²) < 4.78 is 5.33. The second-order valence-electron chi connectivity index (χ2n) is 7.25. The Kier molecular flexibility index (Phi) is 6.14. The average molecular weight is 423 g/mol. The van der Waals surface area contributed by atoms with Crippen molar-refractivity contribution in [3.63, 3.8) is 0 Å². The molecule has 2 heterocycles. The fraction of sp³-hybridized carbons (Fsp3) is 0.261. The number of amides is 1. The molecule has 0 radical (unpaired) electrons. The molecule has 154 valence electrons. The van der Waals surface area contributed by atoms with Crippen LogP contribution in [0.1, 0.15) is 12.8 Å². The van der Waals surface area contributed by atoms with Crippen molar-refractivity contribution in [3.8, 4) is 17.0 Å². The standard InChI is InChI=1S/C23H23ClN4O2/c1-30-21-10-9-18(24)12-20(21)27-23(29)17-8-5-11-28(14-17)22-13-19(25-15-26-22)16-6-3-2-4-7-16/h2-4,6-7,9-10,12-13,15,17H,5,8,11,14H2,1H3,(H,27,29). The number of hydrogen-bond donors (Lipinski definition) is 1. The number of anilines is 2. The third-order valence-electron chi connectivity index (χ3n) is 5.26. The van der Waals surface area contributed by atoms with Crippen molar-refractivity contribution in [1.29, 1.82) is 0 Å². The van der Waals surface area contributed by atoms with Crippen LogP contribution in [0.4, 0.5) is 11.5 Å². The molecule has 1 saturated heterocycles. The second-order valence-corrected chi connectivity index (χ2v) is 7.68. The van der Waals surface area contributed by atoms with E-state index in [0.717, 1.165) is 36.5 Å². The Hall–Kier alpha value is -3.12. The van der Waals surface area contributed by atoms with Gasteiger partial charge in [0, 0.05) is 29.7 Å². The number of hydrogen-bond acceptors (Lipinski definition) is 5. The van der Waals surface area contributed by atoms with Crippen LogP contribution in [-0.2, 0) is 4.79 Å². The molecule has 0 aliphatic carbocycles. The summed E-state index contributed by atoms with van der Waals surface area (Å²) in [4.78, 5) is 23.9. The van der Waals surface area contributed by atoms with Gasteiger partial charge in [-0.15, -0.1) is 0 Å². The average Bonchev–Trinajstić information content (AvgIpc) is 2.80. The number of rotatable bonds is 5. The van der Waals surface area contributed by atoms with Gasteiger partial charge >= 0.3 is 0 Å². The van der Waals surface area contributed by atoms with E-state index >= 15 is 0 Å². The highest BCUT2D eigenvalue weighted by Gasteiger charge is 2.27. The van der Waals surface area contributed by atoms with Crippen LogP contribution in [0.5, 0.6) is 5.75 Å². The summed E-state index contributed by atoms with van der Waals surface area (Å²) in [6.07, 6.45) is 3.31. The first kappa shape index (κ1) is 20.2. The monoisotopic (exact) mass is 422 g/mol. The maximum atomic E-state index is 12.9. The molecule has 0 saturated carbocycles. The van der Waals surface area contributed by atoms with E-state index in [1.54, 1.807) is 31.6 Å². The summed E-state index contributed by atoms with van der Waals surface area (Å²) in [5, 5.41) is 3.52. The lowest BCUT2D eigenvalue weighted by Gasteiger charge is -2.33. The van der Waals surface area contributed by atoms with Crippen LogP contribution >= 0.6 is 11.6 Å². The van der Waals surface area contributed by atoms with Gasteiger partial charge < -0.3 is 15.0 Å². The number of methoxy groups -OCH3 is 1. The number of benzene rings is 2. The molecule has 6 nitrogen and oxygen atoms in total. The Bertz CT molecular complexity index is 1030. The molecule has 1 unspecified atom stereocenters. The summed E-state index contributed by atoms with van der Waals surface area (Å²) in [5.41, 5.74) is 2.50. The molecule has 1 amide bonds. The van der Waals surface area contributed by atoms with E-state index in [1.807, 2.05) is 36.4 Å². The zero-order valence-electron chi connectivity index (χ0n) is 16.7. The van der Waals surface area contributed by atoms with Crippen LogP contribution in [-0.4, -0.2) is 36.1 Å². The predicted octanol–water partition coefficient (Wildman–Crippen LogP) is 4.66. The van der Waals surface area contributed by atoms with Crippen molar-refractivity contribution in [3.05, 3.63) is 65.9 Å². The maximum absolute atomic E-state index is 12.9. The molecular formula is C23H23ClN4O2. The van der Waals surface area contributed by atoms with Gasteiger partial charge in [-0.3, -0.25) is 4.79 Å². The number of nitrogens with one attached hydrogen (secondary N) is 1. The van der Waals surface area contributed by atoms with Gasteiger partial charge in [0.05, 0.1) is 24.4 Å². The molecule has 1 aliphatic heterocycles. The summed E-state index contributed by atoms with van der Waals surface area (Å²) in [5.74, 6) is 1.22. The minimum Gasteiger partial charge on any atom is -0.495 e. The second kappa shape index (κ2) is 9.13. The van der Waals surface area contributed by atoms with Crippen molar-refractivity contribution in [2.45, 2.75) is 12.8 Å². The Balaban J connectivity index is 1.49. The van der Waals surface area contributed by atoms with Crippen LogP contribution < -0.4 is 15.0 Å². The maximum Gasteiger partial charge on any atom is 0.229 e. The fourth-order valence-corrected chi connectivity index (χ4v) is 3.87. The van der Waals surface area contributed by atoms with Crippen LogP contribution in [0.2, 0.25) is 5.02 Å². The molecule has 30 heavy (non-hydrogen) atoms. The van der Waals surface area contributed by atoms with Crippen LogP contribution in [0.3, 0.4) is 0 Å². The number of nitrogens with zero attached hydrogens (tertiary/aromatic N) is 3. The third kappa shape index (κ3) is 4.54. The first-order valence-electron chi connectivity index (χ1n) is 9.91. The van der Waals surface area contributed by atoms with Crippen molar-refractivity contribution < 1.29 is 9.53 Å². The molecule has 1 aliphatic rings. The van der Waals surface area contributed by atoms with E-state index in [2.05, 4.69) is 20.2 Å². The van der Waals surface area contributed by atoms with Gasteiger partial charge in [0.15, 0.2) is 0 Å². The molecule has 1 fully saturated rings. The highest BCUT2D eigenvalue weighted by molar-refractivity contribution is 6.31. The van der Waals surface area contributed by atoms with Gasteiger partial charge in [-0.25, -0.2) is 9.97 Å². The quantitative estimate of drug-likeness (QED) is 0.647. The smallest absolute Gasteiger partial charge is 0.229 e. The molecule has 0 bridgehead atoms. The third-order valence-corrected chi connectivity index (χ3v) is 5.49. The first-order valence-corrected chi connectivity index (χ1v) is 10.3. The molecule has 2 aromatic carbocycles. The lowest BCUT2D eigenvalue weighted by molar-refractivity contribution is -0.120. The van der Waals surface area contributed by atoms with Crippen LogP contribution in [0.15, 0.2) is 60.9 Å². The van der Waals surface area contributed by atoms with Gasteiger partial charge in [0.25, 0.3) is 0 Å². The molecule has 1 aromatic heterocycles. The fourth-order valence-electron chi connectivity index (χ4n) is 3.70. The van der Waals surface area contributed by atoms with E-state index in [0.29, 0.717) is 23.0 Å². The SMILES string of the molecule is COc1ccc(Cl)cc1NC(=O)C1CCCN(c2cc(-c3ccccc3)ncn2)C1. The number of halogens is 1. The number of carbonyl (C=O) groups is 1. The van der Waals surface area contributed by atoms with E-state index in [-0.39, 0.29) is 11.8 Å². The van der Waals surface area contributed by atoms with E-state index in [1.165, 1.54) is 0 Å². The van der Waals surface area contributed by atoms with Crippen molar-refractivity contribution in [1.82, 2.24) is 9.97 Å². The van der Waals surface area contributed by atoms with Crippen LogP contribution in [0, 0.1) is 5.92 Å². The molecule has 7 heteroatoms. The zero-order chi connectivity index (χ0) is 20.9. The van der Waals surface area contributed by atoms with E-state index < -0.39 is 0 Å². The summed E-state index contributed by atoms with van der Waals surface area (Å²) in [6, 6.07) is 17.2. The number of ether oxygens (including phenoxy) is 1. The number of piperidine rings is 1.